The van der Waals surface area contributed by atoms with E-state index in [9.17, 15) is 14.9 Å². The third kappa shape index (κ3) is 4.10. The van der Waals surface area contributed by atoms with Crippen molar-refractivity contribution >= 4 is 28.3 Å². The molecule has 0 bridgehead atoms. The summed E-state index contributed by atoms with van der Waals surface area (Å²) in [4.78, 5) is 25.8. The lowest BCUT2D eigenvalue weighted by atomic mass is 10.0. The third-order valence-corrected chi connectivity index (χ3v) is 5.88. The molecule has 28 heavy (non-hydrogen) atoms. The van der Waals surface area contributed by atoms with Gasteiger partial charge in [0.15, 0.2) is 0 Å². The van der Waals surface area contributed by atoms with Gasteiger partial charge in [0, 0.05) is 17.8 Å². The molecule has 8 heteroatoms. The Hall–Kier alpha value is -3.05. The van der Waals surface area contributed by atoms with Gasteiger partial charge in [-0.1, -0.05) is 17.7 Å². The van der Waals surface area contributed by atoms with Crippen LogP contribution in [0.5, 0.6) is 5.75 Å². The summed E-state index contributed by atoms with van der Waals surface area (Å²) in [7, 11) is 1.60. The van der Waals surface area contributed by atoms with Crippen molar-refractivity contribution in [3.05, 3.63) is 45.3 Å². The SMILES string of the molecule is COc1ccc(C)cc1CCC(=O)Nc1sc2c(c1C#N)CCN(C(=O)O)C2. The Labute approximate surface area is 167 Å². The van der Waals surface area contributed by atoms with Crippen LogP contribution in [0.25, 0.3) is 0 Å². The highest BCUT2D eigenvalue weighted by Crippen LogP contribution is 2.36. The van der Waals surface area contributed by atoms with Crippen LogP contribution in [-0.2, 0) is 24.2 Å². The molecule has 1 aromatic heterocycles. The van der Waals surface area contributed by atoms with E-state index in [0.717, 1.165) is 27.3 Å². The van der Waals surface area contributed by atoms with Crippen LogP contribution in [-0.4, -0.2) is 35.7 Å². The average Bonchev–Trinajstić information content (AvgIpc) is 3.02. The molecule has 3 rings (SSSR count). The first-order chi connectivity index (χ1) is 13.4. The minimum Gasteiger partial charge on any atom is -0.496 e. The number of carboxylic acid groups (broad SMARTS) is 1. The Bertz CT molecular complexity index is 961. The van der Waals surface area contributed by atoms with Crippen LogP contribution in [0.4, 0.5) is 9.80 Å². The Balaban J connectivity index is 1.71. The van der Waals surface area contributed by atoms with Crippen LogP contribution >= 0.6 is 11.3 Å². The number of ether oxygens (including phenoxy) is 1. The summed E-state index contributed by atoms with van der Waals surface area (Å²) in [5.41, 5.74) is 3.35. The van der Waals surface area contributed by atoms with E-state index < -0.39 is 6.09 Å². The van der Waals surface area contributed by atoms with Gasteiger partial charge >= 0.3 is 6.09 Å². The molecular formula is C20H21N3O4S. The summed E-state index contributed by atoms with van der Waals surface area (Å²) in [6, 6.07) is 8.00. The lowest BCUT2D eigenvalue weighted by molar-refractivity contribution is -0.116. The lowest BCUT2D eigenvalue weighted by Crippen LogP contribution is -2.34. The Morgan fingerprint density at radius 3 is 2.89 bits per heavy atom. The predicted molar refractivity (Wildman–Crippen MR) is 106 cm³/mol. The maximum Gasteiger partial charge on any atom is 0.407 e. The summed E-state index contributed by atoms with van der Waals surface area (Å²) in [6.45, 7) is 2.59. The van der Waals surface area contributed by atoms with Crippen molar-refractivity contribution in [2.24, 2.45) is 0 Å². The van der Waals surface area contributed by atoms with Crippen molar-refractivity contribution in [1.82, 2.24) is 4.90 Å². The number of hydrogen-bond donors (Lipinski definition) is 2. The highest BCUT2D eigenvalue weighted by atomic mass is 32.1. The van der Waals surface area contributed by atoms with Crippen molar-refractivity contribution in [1.29, 1.82) is 5.26 Å². The molecule has 0 fully saturated rings. The maximum atomic E-state index is 12.5. The van der Waals surface area contributed by atoms with E-state index in [4.69, 9.17) is 9.84 Å². The Kier molecular flexibility index (Phi) is 5.85. The molecule has 1 aromatic carbocycles. The van der Waals surface area contributed by atoms with Crippen molar-refractivity contribution in [3.63, 3.8) is 0 Å². The number of benzene rings is 1. The van der Waals surface area contributed by atoms with E-state index in [2.05, 4.69) is 11.4 Å². The van der Waals surface area contributed by atoms with Gasteiger partial charge < -0.3 is 20.1 Å². The molecule has 0 radical (unpaired) electrons. The molecule has 2 amide bonds. The number of rotatable bonds is 5. The van der Waals surface area contributed by atoms with E-state index in [1.165, 1.54) is 16.2 Å². The second-order valence-electron chi connectivity index (χ2n) is 6.64. The van der Waals surface area contributed by atoms with Crippen LogP contribution in [0.3, 0.4) is 0 Å². The highest BCUT2D eigenvalue weighted by molar-refractivity contribution is 7.16. The van der Waals surface area contributed by atoms with Gasteiger partial charge in [0.1, 0.15) is 16.8 Å². The van der Waals surface area contributed by atoms with Gasteiger partial charge in [0.2, 0.25) is 5.91 Å². The predicted octanol–water partition coefficient (Wildman–Crippen LogP) is 3.54. The summed E-state index contributed by atoms with van der Waals surface area (Å²) >= 11 is 1.28. The number of methoxy groups -OCH3 is 1. The second-order valence-corrected chi connectivity index (χ2v) is 7.74. The molecule has 146 valence electrons. The van der Waals surface area contributed by atoms with Crippen LogP contribution in [0.1, 0.15) is 33.6 Å². The van der Waals surface area contributed by atoms with Gasteiger partial charge in [0.05, 0.1) is 19.2 Å². The molecule has 0 saturated carbocycles. The summed E-state index contributed by atoms with van der Waals surface area (Å²) in [5.74, 6) is 0.560. The summed E-state index contributed by atoms with van der Waals surface area (Å²) in [6.07, 6.45) is 0.290. The zero-order valence-electron chi connectivity index (χ0n) is 15.7. The van der Waals surface area contributed by atoms with Crippen LogP contribution in [0.2, 0.25) is 0 Å². The molecule has 0 atom stereocenters. The molecule has 7 nitrogen and oxygen atoms in total. The number of aryl methyl sites for hydroxylation is 2. The van der Waals surface area contributed by atoms with Gasteiger partial charge in [-0.2, -0.15) is 5.26 Å². The molecule has 2 N–H and O–H groups in total. The molecule has 1 aliphatic rings. The standard InChI is InChI=1S/C20H21N3O4S/c1-12-3-5-16(27-2)13(9-12)4-6-18(24)22-19-15(10-21)14-7-8-23(20(25)26)11-17(14)28-19/h3,5,9H,4,6-8,11H2,1-2H3,(H,22,24)(H,25,26). The number of fused-ring (bicyclic) bond motifs is 1. The van der Waals surface area contributed by atoms with Gasteiger partial charge in [-0.05, 0) is 37.0 Å². The zero-order valence-corrected chi connectivity index (χ0v) is 16.6. The van der Waals surface area contributed by atoms with Crippen molar-refractivity contribution in [2.45, 2.75) is 32.7 Å². The minimum absolute atomic E-state index is 0.186. The number of nitrogens with zero attached hydrogens (tertiary/aromatic N) is 2. The van der Waals surface area contributed by atoms with Crippen LogP contribution < -0.4 is 10.1 Å². The first-order valence-electron chi connectivity index (χ1n) is 8.88. The first kappa shape index (κ1) is 19.7. The fourth-order valence-corrected chi connectivity index (χ4v) is 4.54. The van der Waals surface area contributed by atoms with E-state index in [1.807, 2.05) is 25.1 Å². The number of carbonyl (C=O) groups is 2. The largest absolute Gasteiger partial charge is 0.496 e. The summed E-state index contributed by atoms with van der Waals surface area (Å²) < 4.78 is 5.35. The summed E-state index contributed by atoms with van der Waals surface area (Å²) in [5, 5.41) is 22.0. The van der Waals surface area contributed by atoms with Crippen molar-refractivity contribution in [3.8, 4) is 11.8 Å². The minimum atomic E-state index is -0.977. The van der Waals surface area contributed by atoms with E-state index >= 15 is 0 Å². The smallest absolute Gasteiger partial charge is 0.407 e. The second kappa shape index (κ2) is 8.31. The van der Waals surface area contributed by atoms with Crippen molar-refractivity contribution < 1.29 is 19.4 Å². The first-order valence-corrected chi connectivity index (χ1v) is 9.70. The van der Waals surface area contributed by atoms with Crippen LogP contribution in [0.15, 0.2) is 18.2 Å². The van der Waals surface area contributed by atoms with Crippen molar-refractivity contribution in [2.75, 3.05) is 19.0 Å². The quantitative estimate of drug-likeness (QED) is 0.800. The lowest BCUT2D eigenvalue weighted by Gasteiger charge is -2.23. The number of amides is 2. The number of anilines is 1. The van der Waals surface area contributed by atoms with E-state index in [1.54, 1.807) is 7.11 Å². The third-order valence-electron chi connectivity index (χ3n) is 4.75. The topological polar surface area (TPSA) is 103 Å². The molecule has 0 spiro atoms. The maximum absolute atomic E-state index is 12.5. The Morgan fingerprint density at radius 1 is 1.43 bits per heavy atom. The highest BCUT2D eigenvalue weighted by Gasteiger charge is 2.27. The fraction of sp³-hybridized carbons (Fsp3) is 0.350. The molecule has 2 aromatic rings. The number of nitrogens with one attached hydrogen (secondary N) is 1. The zero-order chi connectivity index (χ0) is 20.3. The van der Waals surface area contributed by atoms with Crippen LogP contribution in [0, 0.1) is 18.3 Å². The fourth-order valence-electron chi connectivity index (χ4n) is 3.31. The van der Waals surface area contributed by atoms with Gasteiger partial charge in [0.25, 0.3) is 0 Å². The van der Waals surface area contributed by atoms with Gasteiger partial charge in [-0.25, -0.2) is 4.79 Å². The molecule has 0 saturated heterocycles. The number of hydrogen-bond acceptors (Lipinski definition) is 5. The number of nitriles is 1. The van der Waals surface area contributed by atoms with E-state index in [-0.39, 0.29) is 18.9 Å². The monoisotopic (exact) mass is 399 g/mol. The number of thiophene rings is 1. The number of carbonyl (C=O) groups excluding carboxylic acids is 1. The molecule has 0 unspecified atom stereocenters. The van der Waals surface area contributed by atoms with Gasteiger partial charge in [-0.15, -0.1) is 11.3 Å². The normalized spacial score (nSPS) is 12.8. The van der Waals surface area contributed by atoms with E-state index in [0.29, 0.717) is 30.0 Å². The molecule has 2 heterocycles. The molecule has 0 aliphatic carbocycles. The molecular weight excluding hydrogens is 378 g/mol. The molecule has 1 aliphatic heterocycles. The Morgan fingerprint density at radius 2 is 2.21 bits per heavy atom. The average molecular weight is 399 g/mol. The van der Waals surface area contributed by atoms with Gasteiger partial charge in [-0.3, -0.25) is 4.79 Å².